The van der Waals surface area contributed by atoms with E-state index < -0.39 is 116 Å². The lowest BCUT2D eigenvalue weighted by molar-refractivity contribution is -0.143. The molecule has 53 heavy (non-hydrogen) atoms. The fourth-order valence-corrected chi connectivity index (χ4v) is 4.72. The molecule has 0 heterocycles. The fourth-order valence-electron chi connectivity index (χ4n) is 4.72. The van der Waals surface area contributed by atoms with E-state index in [0.29, 0.717) is 11.1 Å². The van der Waals surface area contributed by atoms with Crippen molar-refractivity contribution in [1.29, 1.82) is 0 Å². The van der Waals surface area contributed by atoms with Gasteiger partial charge in [-0.2, -0.15) is 0 Å². The molecule has 0 bridgehead atoms. The Morgan fingerprint density at radius 2 is 1.04 bits per heavy atom. The van der Waals surface area contributed by atoms with Crippen LogP contribution in [-0.2, 0) is 51.2 Å². The molecule has 0 spiro atoms. The summed E-state index contributed by atoms with van der Waals surface area (Å²) in [5.41, 5.74) is 11.6. The van der Waals surface area contributed by atoms with Gasteiger partial charge in [0, 0.05) is 19.3 Å². The van der Waals surface area contributed by atoms with Crippen molar-refractivity contribution in [3.05, 3.63) is 65.7 Å². The van der Waals surface area contributed by atoms with Gasteiger partial charge in [0.15, 0.2) is 0 Å². The monoisotopic (exact) mass is 745 g/mol. The van der Waals surface area contributed by atoms with Crippen molar-refractivity contribution >= 4 is 47.4 Å². The molecular formula is C33H43N7O13. The van der Waals surface area contributed by atoms with Gasteiger partial charge in [-0.1, -0.05) is 42.5 Å². The lowest BCUT2D eigenvalue weighted by atomic mass is 10.0. The van der Waals surface area contributed by atoms with Gasteiger partial charge in [-0.25, -0.2) is 4.79 Å². The van der Waals surface area contributed by atoms with Crippen molar-refractivity contribution in [2.24, 2.45) is 11.5 Å². The number of benzene rings is 2. The van der Waals surface area contributed by atoms with Crippen LogP contribution in [0.1, 0.15) is 30.4 Å². The van der Waals surface area contributed by atoms with E-state index in [9.17, 15) is 58.8 Å². The molecule has 2 aromatic carbocycles. The number of carbonyl (C=O) groups excluding carboxylic acids is 6. The number of hydrogen-bond donors (Lipinski definition) is 12. The number of rotatable bonds is 22. The molecule has 6 amide bonds. The Labute approximate surface area is 302 Å². The second-order valence-electron chi connectivity index (χ2n) is 11.8. The van der Waals surface area contributed by atoms with Crippen LogP contribution in [0.5, 0.6) is 5.75 Å². The second kappa shape index (κ2) is 21.3. The van der Waals surface area contributed by atoms with E-state index in [4.69, 9.17) is 16.6 Å². The van der Waals surface area contributed by atoms with E-state index in [0.717, 1.165) is 0 Å². The van der Waals surface area contributed by atoms with Gasteiger partial charge in [-0.3, -0.25) is 33.6 Å². The number of primary amides is 1. The number of carboxylic acid groups (broad SMARTS) is 2. The lowest BCUT2D eigenvalue weighted by Crippen LogP contribution is -2.60. The lowest BCUT2D eigenvalue weighted by Gasteiger charge is -2.27. The van der Waals surface area contributed by atoms with Gasteiger partial charge >= 0.3 is 11.9 Å². The summed E-state index contributed by atoms with van der Waals surface area (Å²) in [4.78, 5) is 101. The first-order valence-corrected chi connectivity index (χ1v) is 16.1. The first-order chi connectivity index (χ1) is 25.0. The van der Waals surface area contributed by atoms with E-state index in [1.807, 2.05) is 0 Å². The Hall–Kier alpha value is -6.12. The van der Waals surface area contributed by atoms with Crippen molar-refractivity contribution < 1.29 is 63.9 Å². The summed E-state index contributed by atoms with van der Waals surface area (Å²) in [5.74, 6) is -9.39. The number of phenols is 1. The van der Waals surface area contributed by atoms with E-state index >= 15 is 0 Å². The number of aliphatic carboxylic acids is 2. The summed E-state index contributed by atoms with van der Waals surface area (Å²) >= 11 is 0. The third-order valence-corrected chi connectivity index (χ3v) is 7.57. The molecule has 2 aromatic rings. The summed E-state index contributed by atoms with van der Waals surface area (Å²) in [6.07, 6.45) is -2.46. The van der Waals surface area contributed by atoms with Crippen LogP contribution in [0.25, 0.3) is 0 Å². The molecule has 14 N–H and O–H groups in total. The number of hydrogen-bond acceptors (Lipinski definition) is 12. The zero-order valence-electron chi connectivity index (χ0n) is 28.3. The van der Waals surface area contributed by atoms with E-state index in [2.05, 4.69) is 26.6 Å². The number of aromatic hydroxyl groups is 1. The Kier molecular flexibility index (Phi) is 17.3. The molecule has 0 saturated carbocycles. The average Bonchev–Trinajstić information content (AvgIpc) is 3.11. The molecule has 2 rings (SSSR count). The zero-order valence-corrected chi connectivity index (χ0v) is 28.3. The molecule has 0 fully saturated rings. The third kappa shape index (κ3) is 14.9. The van der Waals surface area contributed by atoms with E-state index in [1.54, 1.807) is 30.3 Å². The minimum atomic E-state index is -1.72. The minimum Gasteiger partial charge on any atom is -0.508 e. The molecule has 0 aliphatic rings. The number of aliphatic hydroxyl groups is 2. The molecule has 0 saturated heterocycles. The first kappa shape index (κ1) is 43.0. The summed E-state index contributed by atoms with van der Waals surface area (Å²) < 4.78 is 0. The predicted octanol–water partition coefficient (Wildman–Crippen LogP) is -4.26. The summed E-state index contributed by atoms with van der Waals surface area (Å²) in [7, 11) is 0. The number of amides is 6. The number of nitrogens with one attached hydrogen (secondary N) is 5. The number of phenolic OH excluding ortho intramolecular Hbond substituents is 1. The van der Waals surface area contributed by atoms with Crippen LogP contribution in [0.15, 0.2) is 54.6 Å². The van der Waals surface area contributed by atoms with Crippen LogP contribution in [0.2, 0.25) is 0 Å². The van der Waals surface area contributed by atoms with Crippen LogP contribution in [0.3, 0.4) is 0 Å². The Bertz CT molecular complexity index is 1610. The standard InChI is InChI=1S/C33H43N7O13/c34-20(15-41)28(47)37-24(14-26(35)44)32(51)36-21(10-11-27(45)46)29(48)38-23(13-18-6-8-19(43)9-7-18)30(49)39-22(12-17-4-2-1-3-5-17)31(50)40-25(16-42)33(52)53/h1-9,20-25,41-43H,10-16,34H2,(H2,35,44)(H,36,51)(H,37,47)(H,38,48)(H,39,49)(H,40,50)(H,45,46)(H,52,53)/t20-,21-,22-,23-,24-,25-/m0/s1. The van der Waals surface area contributed by atoms with Crippen molar-refractivity contribution in [2.45, 2.75) is 68.4 Å². The van der Waals surface area contributed by atoms with Crippen molar-refractivity contribution in [1.82, 2.24) is 26.6 Å². The first-order valence-electron chi connectivity index (χ1n) is 16.1. The Balaban J connectivity index is 2.46. The van der Waals surface area contributed by atoms with Crippen LogP contribution < -0.4 is 38.1 Å². The minimum absolute atomic E-state index is 0.121. The van der Waals surface area contributed by atoms with Gasteiger partial charge in [0.05, 0.1) is 19.6 Å². The SMILES string of the molecule is NC(=O)C[C@H](NC(=O)[C@@H](N)CO)C(=O)N[C@@H](CCC(=O)O)C(=O)N[C@@H](Cc1ccc(O)cc1)C(=O)N[C@@H](Cc1ccccc1)C(=O)N[C@@H](CO)C(=O)O. The van der Waals surface area contributed by atoms with Gasteiger partial charge in [0.1, 0.15) is 42.0 Å². The van der Waals surface area contributed by atoms with Crippen LogP contribution in [-0.4, -0.2) is 122 Å². The Morgan fingerprint density at radius 3 is 1.51 bits per heavy atom. The third-order valence-electron chi connectivity index (χ3n) is 7.57. The summed E-state index contributed by atoms with van der Waals surface area (Å²) in [5, 5.41) is 58.4. The molecular weight excluding hydrogens is 702 g/mol. The van der Waals surface area contributed by atoms with Crippen molar-refractivity contribution in [2.75, 3.05) is 13.2 Å². The predicted molar refractivity (Wildman–Crippen MR) is 182 cm³/mol. The van der Waals surface area contributed by atoms with Crippen LogP contribution in [0.4, 0.5) is 0 Å². The maximum atomic E-state index is 13.9. The van der Waals surface area contributed by atoms with Gasteiger partial charge in [-0.05, 0) is 29.7 Å². The molecule has 0 aliphatic carbocycles. The highest BCUT2D eigenvalue weighted by molar-refractivity contribution is 5.97. The van der Waals surface area contributed by atoms with E-state index in [-0.39, 0.29) is 18.6 Å². The molecule has 0 radical (unpaired) electrons. The smallest absolute Gasteiger partial charge is 0.328 e. The van der Waals surface area contributed by atoms with Gasteiger partial charge in [0.2, 0.25) is 35.4 Å². The topological polar surface area (TPSA) is 350 Å². The van der Waals surface area contributed by atoms with Gasteiger partial charge in [0.25, 0.3) is 0 Å². The normalized spacial score (nSPS) is 14.2. The molecule has 20 nitrogen and oxygen atoms in total. The van der Waals surface area contributed by atoms with Crippen LogP contribution in [0, 0.1) is 0 Å². The maximum Gasteiger partial charge on any atom is 0.328 e. The summed E-state index contributed by atoms with van der Waals surface area (Å²) in [6, 6.07) is 4.07. The average molecular weight is 746 g/mol. The Morgan fingerprint density at radius 1 is 0.585 bits per heavy atom. The molecule has 6 atom stereocenters. The zero-order chi connectivity index (χ0) is 39.7. The molecule has 0 unspecified atom stereocenters. The molecule has 20 heteroatoms. The van der Waals surface area contributed by atoms with Crippen molar-refractivity contribution in [3.63, 3.8) is 0 Å². The molecule has 0 aromatic heterocycles. The quantitative estimate of drug-likeness (QED) is 0.0543. The highest BCUT2D eigenvalue weighted by Crippen LogP contribution is 2.13. The molecule has 0 aliphatic heterocycles. The van der Waals surface area contributed by atoms with E-state index in [1.165, 1.54) is 24.3 Å². The van der Waals surface area contributed by atoms with Gasteiger partial charge < -0.3 is 63.6 Å². The van der Waals surface area contributed by atoms with Crippen LogP contribution >= 0.6 is 0 Å². The maximum absolute atomic E-state index is 13.9. The number of nitrogens with two attached hydrogens (primary N) is 2. The highest BCUT2D eigenvalue weighted by atomic mass is 16.4. The fraction of sp³-hybridized carbons (Fsp3) is 0.394. The van der Waals surface area contributed by atoms with Gasteiger partial charge in [-0.15, -0.1) is 0 Å². The molecule has 288 valence electrons. The number of aliphatic hydroxyl groups excluding tert-OH is 2. The van der Waals surface area contributed by atoms with Crippen molar-refractivity contribution in [3.8, 4) is 5.75 Å². The largest absolute Gasteiger partial charge is 0.508 e. The highest BCUT2D eigenvalue weighted by Gasteiger charge is 2.33. The summed E-state index contributed by atoms with van der Waals surface area (Å²) in [6.45, 7) is -1.78. The second-order valence-corrected chi connectivity index (χ2v) is 11.8. The number of carbonyl (C=O) groups is 8. The number of carboxylic acids is 2.